The summed E-state index contributed by atoms with van der Waals surface area (Å²) in [7, 11) is 1.90. The van der Waals surface area contributed by atoms with Gasteiger partial charge in [0.2, 0.25) is 0 Å². The van der Waals surface area contributed by atoms with Crippen molar-refractivity contribution in [2.24, 2.45) is 0 Å². The molecular formula is C10H13NO. The van der Waals surface area contributed by atoms with E-state index in [-0.39, 0.29) is 5.78 Å². The van der Waals surface area contributed by atoms with Crippen LogP contribution in [-0.4, -0.2) is 12.8 Å². The first-order chi connectivity index (χ1) is 5.74. The van der Waals surface area contributed by atoms with Gasteiger partial charge in [-0.25, -0.2) is 0 Å². The molecule has 0 aliphatic heterocycles. The lowest BCUT2D eigenvalue weighted by Gasteiger charge is -2.00. The van der Waals surface area contributed by atoms with Crippen LogP contribution in [0.4, 0.5) is 0 Å². The Hall–Kier alpha value is -1.15. The van der Waals surface area contributed by atoms with Crippen LogP contribution >= 0.6 is 0 Å². The van der Waals surface area contributed by atoms with E-state index in [0.29, 0.717) is 0 Å². The molecule has 1 aromatic carbocycles. The second-order valence-electron chi connectivity index (χ2n) is 2.78. The predicted molar refractivity (Wildman–Crippen MR) is 49.2 cm³/mol. The highest BCUT2D eigenvalue weighted by atomic mass is 16.1. The first-order valence-corrected chi connectivity index (χ1v) is 3.98. The van der Waals surface area contributed by atoms with Gasteiger partial charge in [-0.3, -0.25) is 4.79 Å². The van der Waals surface area contributed by atoms with E-state index in [1.165, 1.54) is 5.56 Å². The first-order valence-electron chi connectivity index (χ1n) is 3.98. The Balaban J connectivity index is 2.78. The standard InChI is InChI=1S/C10H13NO/c1-8(12)10-5-3-9(4-6-10)7-11-2/h3-6,11H,7H2,1-2H3. The number of carbonyl (C=O) groups is 1. The van der Waals surface area contributed by atoms with E-state index in [1.54, 1.807) is 6.92 Å². The van der Waals surface area contributed by atoms with Crippen LogP contribution in [0.1, 0.15) is 22.8 Å². The van der Waals surface area contributed by atoms with Crippen LogP contribution in [0.2, 0.25) is 0 Å². The molecule has 0 amide bonds. The summed E-state index contributed by atoms with van der Waals surface area (Å²) in [5, 5.41) is 3.05. The van der Waals surface area contributed by atoms with Crippen LogP contribution in [0.3, 0.4) is 0 Å². The number of rotatable bonds is 3. The molecule has 0 aliphatic carbocycles. The van der Waals surface area contributed by atoms with Crippen LogP contribution in [-0.2, 0) is 6.54 Å². The first kappa shape index (κ1) is 8.94. The van der Waals surface area contributed by atoms with Gasteiger partial charge >= 0.3 is 0 Å². The molecule has 0 saturated carbocycles. The highest BCUT2D eigenvalue weighted by Gasteiger charge is 1.97. The Morgan fingerprint density at radius 2 is 1.92 bits per heavy atom. The van der Waals surface area contributed by atoms with Crippen molar-refractivity contribution in [1.82, 2.24) is 5.32 Å². The fraction of sp³-hybridized carbons (Fsp3) is 0.300. The van der Waals surface area contributed by atoms with Gasteiger partial charge in [0.15, 0.2) is 5.78 Å². The van der Waals surface area contributed by atoms with Crippen molar-refractivity contribution in [1.29, 1.82) is 0 Å². The second kappa shape index (κ2) is 4.02. The highest BCUT2D eigenvalue weighted by Crippen LogP contribution is 2.04. The number of carbonyl (C=O) groups excluding carboxylic acids is 1. The zero-order valence-corrected chi connectivity index (χ0v) is 7.42. The normalized spacial score (nSPS) is 9.83. The SMILES string of the molecule is CNCc1ccc(C(C)=O)cc1. The molecule has 0 saturated heterocycles. The molecule has 0 fully saturated rings. The summed E-state index contributed by atoms with van der Waals surface area (Å²) in [6.07, 6.45) is 0. The van der Waals surface area contributed by atoms with Gasteiger partial charge < -0.3 is 5.32 Å². The number of ketones is 1. The molecule has 0 aliphatic rings. The minimum absolute atomic E-state index is 0.117. The monoisotopic (exact) mass is 163 g/mol. The molecule has 1 rings (SSSR count). The van der Waals surface area contributed by atoms with E-state index in [2.05, 4.69) is 5.32 Å². The molecule has 0 aromatic heterocycles. The smallest absolute Gasteiger partial charge is 0.159 e. The average molecular weight is 163 g/mol. The van der Waals surface area contributed by atoms with E-state index < -0.39 is 0 Å². The zero-order valence-electron chi connectivity index (χ0n) is 7.42. The minimum Gasteiger partial charge on any atom is -0.316 e. The Bertz CT molecular complexity index is 264. The van der Waals surface area contributed by atoms with Crippen molar-refractivity contribution in [3.05, 3.63) is 35.4 Å². The van der Waals surface area contributed by atoms with E-state index in [1.807, 2.05) is 31.3 Å². The van der Waals surface area contributed by atoms with Crippen LogP contribution < -0.4 is 5.32 Å². The lowest BCUT2D eigenvalue weighted by atomic mass is 10.1. The lowest BCUT2D eigenvalue weighted by molar-refractivity contribution is 0.101. The molecule has 12 heavy (non-hydrogen) atoms. The topological polar surface area (TPSA) is 29.1 Å². The third-order valence-electron chi connectivity index (χ3n) is 1.74. The molecule has 0 radical (unpaired) electrons. The fourth-order valence-electron chi connectivity index (χ4n) is 1.06. The molecule has 0 bridgehead atoms. The van der Waals surface area contributed by atoms with Gasteiger partial charge in [-0.2, -0.15) is 0 Å². The number of hydrogen-bond donors (Lipinski definition) is 1. The maximum Gasteiger partial charge on any atom is 0.159 e. The summed E-state index contributed by atoms with van der Waals surface area (Å²) < 4.78 is 0. The zero-order chi connectivity index (χ0) is 8.97. The van der Waals surface area contributed by atoms with E-state index in [9.17, 15) is 4.79 Å². The predicted octanol–water partition coefficient (Wildman–Crippen LogP) is 1.61. The molecule has 0 atom stereocenters. The van der Waals surface area contributed by atoms with Gasteiger partial charge in [0.05, 0.1) is 0 Å². The number of nitrogens with one attached hydrogen (secondary N) is 1. The van der Waals surface area contributed by atoms with Gasteiger partial charge in [-0.05, 0) is 19.5 Å². The Labute approximate surface area is 72.6 Å². The maximum atomic E-state index is 10.9. The van der Waals surface area contributed by atoms with Crippen molar-refractivity contribution in [3.8, 4) is 0 Å². The Morgan fingerprint density at radius 3 is 2.33 bits per heavy atom. The van der Waals surface area contributed by atoms with Crippen LogP contribution in [0.15, 0.2) is 24.3 Å². The molecule has 64 valence electrons. The molecular weight excluding hydrogens is 150 g/mol. The summed E-state index contributed by atoms with van der Waals surface area (Å²) >= 11 is 0. The third-order valence-corrected chi connectivity index (χ3v) is 1.74. The van der Waals surface area contributed by atoms with E-state index in [0.717, 1.165) is 12.1 Å². The molecule has 0 unspecified atom stereocenters. The van der Waals surface area contributed by atoms with Crippen molar-refractivity contribution >= 4 is 5.78 Å². The molecule has 1 N–H and O–H groups in total. The minimum atomic E-state index is 0.117. The largest absolute Gasteiger partial charge is 0.316 e. The van der Waals surface area contributed by atoms with Gasteiger partial charge in [0.1, 0.15) is 0 Å². The summed E-state index contributed by atoms with van der Waals surface area (Å²) in [4.78, 5) is 10.9. The number of Topliss-reactive ketones (excluding diaryl/α,β-unsaturated/α-hetero) is 1. The summed E-state index contributed by atoms with van der Waals surface area (Å²) in [6.45, 7) is 2.42. The van der Waals surface area contributed by atoms with Crippen molar-refractivity contribution in [3.63, 3.8) is 0 Å². The molecule has 2 nitrogen and oxygen atoms in total. The van der Waals surface area contributed by atoms with E-state index >= 15 is 0 Å². The van der Waals surface area contributed by atoms with Gasteiger partial charge in [-0.15, -0.1) is 0 Å². The summed E-state index contributed by atoms with van der Waals surface area (Å²) in [5.41, 5.74) is 1.97. The maximum absolute atomic E-state index is 10.9. The van der Waals surface area contributed by atoms with Crippen molar-refractivity contribution < 1.29 is 4.79 Å². The Kier molecular flexibility index (Phi) is 3.00. The molecule has 0 spiro atoms. The van der Waals surface area contributed by atoms with Crippen molar-refractivity contribution in [2.45, 2.75) is 13.5 Å². The molecule has 2 heteroatoms. The van der Waals surface area contributed by atoms with Gasteiger partial charge in [0, 0.05) is 12.1 Å². The second-order valence-corrected chi connectivity index (χ2v) is 2.78. The molecule has 1 aromatic rings. The molecule has 0 heterocycles. The number of hydrogen-bond acceptors (Lipinski definition) is 2. The fourth-order valence-corrected chi connectivity index (χ4v) is 1.06. The average Bonchev–Trinajstić information content (AvgIpc) is 2.06. The highest BCUT2D eigenvalue weighted by molar-refractivity contribution is 5.93. The van der Waals surface area contributed by atoms with Crippen LogP contribution in [0.5, 0.6) is 0 Å². The quantitative estimate of drug-likeness (QED) is 0.686. The van der Waals surface area contributed by atoms with Crippen LogP contribution in [0.25, 0.3) is 0 Å². The number of benzene rings is 1. The van der Waals surface area contributed by atoms with Gasteiger partial charge in [-0.1, -0.05) is 24.3 Å². The summed E-state index contributed by atoms with van der Waals surface area (Å²) in [5.74, 6) is 0.117. The van der Waals surface area contributed by atoms with E-state index in [4.69, 9.17) is 0 Å². The third kappa shape index (κ3) is 2.17. The van der Waals surface area contributed by atoms with Crippen molar-refractivity contribution in [2.75, 3.05) is 7.05 Å². The van der Waals surface area contributed by atoms with Gasteiger partial charge in [0.25, 0.3) is 0 Å². The lowest BCUT2D eigenvalue weighted by Crippen LogP contribution is -2.05. The van der Waals surface area contributed by atoms with Crippen LogP contribution in [0, 0.1) is 0 Å². The Morgan fingerprint density at radius 1 is 1.33 bits per heavy atom. The summed E-state index contributed by atoms with van der Waals surface area (Å²) in [6, 6.07) is 7.64.